The van der Waals surface area contributed by atoms with Crippen LogP contribution in [0.1, 0.15) is 39.0 Å². The van der Waals surface area contributed by atoms with Gasteiger partial charge in [-0.15, -0.1) is 0 Å². The van der Waals surface area contributed by atoms with E-state index in [4.69, 9.17) is 0 Å². The molecule has 2 amide bonds. The number of carbonyl (C=O) groups is 4. The molecule has 0 fully saturated rings. The zero-order valence-corrected chi connectivity index (χ0v) is 10.9. The van der Waals surface area contributed by atoms with Gasteiger partial charge in [0, 0.05) is 25.1 Å². The van der Waals surface area contributed by atoms with Gasteiger partial charge in [0.2, 0.25) is 0 Å². The average Bonchev–Trinajstić information content (AvgIpc) is 2.67. The molecular weight excluding hydrogens is 250 g/mol. The first-order valence-corrected chi connectivity index (χ1v) is 6.31. The van der Waals surface area contributed by atoms with Crippen LogP contribution in [0.25, 0.3) is 0 Å². The van der Waals surface area contributed by atoms with Gasteiger partial charge in [-0.2, -0.15) is 0 Å². The normalized spacial score (nSPS) is 14.1. The standard InChI is InChI=1S/C13H17NO5/c1-2-3-4-5-12(17)19-13(18)8-9-14-10(15)6-7-11(14)16/h6-7H,2-5,8-9H2,1H3. The molecule has 1 heterocycles. The minimum atomic E-state index is -0.714. The highest BCUT2D eigenvalue weighted by Crippen LogP contribution is 2.06. The molecular formula is C13H17NO5. The molecule has 0 atom stereocenters. The van der Waals surface area contributed by atoms with Crippen molar-refractivity contribution in [2.24, 2.45) is 0 Å². The molecule has 1 aliphatic heterocycles. The summed E-state index contributed by atoms with van der Waals surface area (Å²) in [4.78, 5) is 45.9. The van der Waals surface area contributed by atoms with Crippen LogP contribution in [0.3, 0.4) is 0 Å². The molecule has 0 bridgehead atoms. The van der Waals surface area contributed by atoms with Crippen LogP contribution in [0.5, 0.6) is 0 Å². The third-order valence-corrected chi connectivity index (χ3v) is 2.65. The number of unbranched alkanes of at least 4 members (excludes halogenated alkanes) is 2. The number of imide groups is 1. The van der Waals surface area contributed by atoms with Crippen LogP contribution >= 0.6 is 0 Å². The predicted octanol–water partition coefficient (Wildman–Crippen LogP) is 0.952. The molecule has 0 radical (unpaired) electrons. The lowest BCUT2D eigenvalue weighted by Gasteiger charge is -2.12. The van der Waals surface area contributed by atoms with Crippen molar-refractivity contribution in [3.8, 4) is 0 Å². The minimum Gasteiger partial charge on any atom is -0.393 e. The van der Waals surface area contributed by atoms with Crippen LogP contribution in [0.15, 0.2) is 12.2 Å². The van der Waals surface area contributed by atoms with Gasteiger partial charge in [0.25, 0.3) is 11.8 Å². The summed E-state index contributed by atoms with van der Waals surface area (Å²) in [5.41, 5.74) is 0. The SMILES string of the molecule is CCCCCC(=O)OC(=O)CCN1C(=O)C=CC1=O. The zero-order valence-electron chi connectivity index (χ0n) is 10.9. The Hall–Kier alpha value is -1.98. The number of ether oxygens (including phenoxy) is 1. The molecule has 19 heavy (non-hydrogen) atoms. The molecule has 6 heteroatoms. The molecule has 0 aromatic heterocycles. The van der Waals surface area contributed by atoms with Crippen molar-refractivity contribution in [2.45, 2.75) is 39.0 Å². The second kappa shape index (κ2) is 7.45. The van der Waals surface area contributed by atoms with E-state index in [9.17, 15) is 19.2 Å². The second-order valence-electron chi connectivity index (χ2n) is 4.21. The number of amides is 2. The molecule has 6 nitrogen and oxygen atoms in total. The van der Waals surface area contributed by atoms with Crippen molar-refractivity contribution in [2.75, 3.05) is 6.54 Å². The lowest BCUT2D eigenvalue weighted by Crippen LogP contribution is -2.32. The number of carbonyl (C=O) groups excluding carboxylic acids is 4. The Bertz CT molecular complexity index is 395. The van der Waals surface area contributed by atoms with Crippen molar-refractivity contribution in [1.29, 1.82) is 0 Å². The molecule has 0 unspecified atom stereocenters. The van der Waals surface area contributed by atoms with Crippen LogP contribution in [-0.4, -0.2) is 35.2 Å². The third-order valence-electron chi connectivity index (χ3n) is 2.65. The molecule has 0 spiro atoms. The number of esters is 2. The van der Waals surface area contributed by atoms with Crippen molar-refractivity contribution in [3.63, 3.8) is 0 Å². The lowest BCUT2D eigenvalue weighted by atomic mass is 10.2. The van der Waals surface area contributed by atoms with E-state index in [1.165, 1.54) is 0 Å². The summed E-state index contributed by atoms with van der Waals surface area (Å²) in [6.45, 7) is 1.94. The molecule has 0 aromatic carbocycles. The van der Waals surface area contributed by atoms with E-state index >= 15 is 0 Å². The van der Waals surface area contributed by atoms with Gasteiger partial charge in [0.15, 0.2) is 0 Å². The largest absolute Gasteiger partial charge is 0.393 e. The van der Waals surface area contributed by atoms with E-state index in [1.807, 2.05) is 6.92 Å². The van der Waals surface area contributed by atoms with E-state index in [2.05, 4.69) is 4.74 Å². The molecule has 0 N–H and O–H groups in total. The van der Waals surface area contributed by atoms with E-state index in [0.717, 1.165) is 29.9 Å². The van der Waals surface area contributed by atoms with E-state index in [0.29, 0.717) is 6.42 Å². The Morgan fingerprint density at radius 3 is 2.21 bits per heavy atom. The van der Waals surface area contributed by atoms with Crippen LogP contribution < -0.4 is 0 Å². The van der Waals surface area contributed by atoms with Crippen LogP contribution in [0.2, 0.25) is 0 Å². The first-order chi connectivity index (χ1) is 9.04. The van der Waals surface area contributed by atoms with Crippen LogP contribution in [0, 0.1) is 0 Å². The van der Waals surface area contributed by atoms with Crippen molar-refractivity contribution < 1.29 is 23.9 Å². The molecule has 104 valence electrons. The van der Waals surface area contributed by atoms with E-state index in [1.54, 1.807) is 0 Å². The zero-order chi connectivity index (χ0) is 14.3. The Kier molecular flexibility index (Phi) is 5.92. The fourth-order valence-electron chi connectivity index (χ4n) is 1.60. The summed E-state index contributed by atoms with van der Waals surface area (Å²) in [5, 5.41) is 0. The van der Waals surface area contributed by atoms with Gasteiger partial charge in [0.1, 0.15) is 0 Å². The fraction of sp³-hybridized carbons (Fsp3) is 0.538. The molecule has 0 aromatic rings. The summed E-state index contributed by atoms with van der Waals surface area (Å²) in [7, 11) is 0. The molecule has 0 aliphatic carbocycles. The van der Waals surface area contributed by atoms with Gasteiger partial charge < -0.3 is 4.74 Å². The highest BCUT2D eigenvalue weighted by molar-refractivity contribution is 6.13. The highest BCUT2D eigenvalue weighted by Gasteiger charge is 2.24. The molecule has 0 saturated carbocycles. The summed E-state index contributed by atoms with van der Waals surface area (Å²) >= 11 is 0. The smallest absolute Gasteiger partial charge is 0.315 e. The van der Waals surface area contributed by atoms with Gasteiger partial charge in [-0.3, -0.25) is 24.1 Å². The second-order valence-corrected chi connectivity index (χ2v) is 4.21. The van der Waals surface area contributed by atoms with Crippen LogP contribution in [0.4, 0.5) is 0 Å². The van der Waals surface area contributed by atoms with E-state index in [-0.39, 0.29) is 19.4 Å². The maximum Gasteiger partial charge on any atom is 0.315 e. The van der Waals surface area contributed by atoms with Gasteiger partial charge in [-0.05, 0) is 6.42 Å². The molecule has 0 saturated heterocycles. The maximum absolute atomic E-state index is 11.3. The van der Waals surface area contributed by atoms with E-state index < -0.39 is 23.8 Å². The number of hydrogen-bond acceptors (Lipinski definition) is 5. The lowest BCUT2D eigenvalue weighted by molar-refractivity contribution is -0.159. The highest BCUT2D eigenvalue weighted by atomic mass is 16.6. The van der Waals surface area contributed by atoms with Gasteiger partial charge in [-0.25, -0.2) is 0 Å². The van der Waals surface area contributed by atoms with Crippen molar-refractivity contribution in [3.05, 3.63) is 12.2 Å². The monoisotopic (exact) mass is 267 g/mol. The predicted molar refractivity (Wildman–Crippen MR) is 65.7 cm³/mol. The van der Waals surface area contributed by atoms with Crippen LogP contribution in [-0.2, 0) is 23.9 Å². The Balaban J connectivity index is 2.23. The van der Waals surface area contributed by atoms with Gasteiger partial charge in [0.05, 0.1) is 6.42 Å². The minimum absolute atomic E-state index is 0.0638. The molecule has 1 aliphatic rings. The van der Waals surface area contributed by atoms with Gasteiger partial charge >= 0.3 is 11.9 Å². The Labute approximate surface area is 111 Å². The first-order valence-electron chi connectivity index (χ1n) is 6.31. The molecule has 1 rings (SSSR count). The maximum atomic E-state index is 11.3. The first kappa shape index (κ1) is 15.1. The number of nitrogens with zero attached hydrogens (tertiary/aromatic N) is 1. The summed E-state index contributed by atoms with van der Waals surface area (Å²) in [6.07, 6.45) is 4.91. The number of hydrogen-bond donors (Lipinski definition) is 0. The van der Waals surface area contributed by atoms with Gasteiger partial charge in [-0.1, -0.05) is 19.8 Å². The van der Waals surface area contributed by atoms with Crippen molar-refractivity contribution in [1.82, 2.24) is 4.90 Å². The third kappa shape index (κ3) is 5.03. The topological polar surface area (TPSA) is 80.8 Å². The summed E-state index contributed by atoms with van der Waals surface area (Å²) in [6, 6.07) is 0. The fourth-order valence-corrected chi connectivity index (χ4v) is 1.60. The number of rotatable bonds is 7. The summed E-state index contributed by atoms with van der Waals surface area (Å²) < 4.78 is 4.58. The quantitative estimate of drug-likeness (QED) is 0.297. The van der Waals surface area contributed by atoms with Crippen molar-refractivity contribution >= 4 is 23.8 Å². The Morgan fingerprint density at radius 2 is 1.63 bits per heavy atom. The summed E-state index contributed by atoms with van der Waals surface area (Å²) in [5.74, 6) is -2.18. The average molecular weight is 267 g/mol. The Morgan fingerprint density at radius 1 is 1.05 bits per heavy atom.